The number of furan rings is 1. The fraction of sp³-hybridized carbons (Fsp3) is 0.188. The van der Waals surface area contributed by atoms with Gasteiger partial charge in [-0.3, -0.25) is 0 Å². The molecule has 5 heteroatoms. The van der Waals surface area contributed by atoms with Gasteiger partial charge in [0.25, 0.3) is 0 Å². The fourth-order valence-corrected chi connectivity index (χ4v) is 4.57. The molecule has 0 fully saturated rings. The number of aryl methyl sites for hydroxylation is 2. The third kappa shape index (κ3) is 5.12. The maximum Gasteiger partial charge on any atom is 0.143 e. The van der Waals surface area contributed by atoms with Crippen molar-refractivity contribution < 1.29 is 23.4 Å². The van der Waals surface area contributed by atoms with Gasteiger partial charge in [-0.2, -0.15) is 0 Å². The summed E-state index contributed by atoms with van der Waals surface area (Å²) in [6.45, 7) is 0. The third-order valence-corrected chi connectivity index (χ3v) is 6.61. The third-order valence-electron chi connectivity index (χ3n) is 6.61. The van der Waals surface area contributed by atoms with Crippen LogP contribution in [-0.2, 0) is 12.8 Å². The van der Waals surface area contributed by atoms with Crippen LogP contribution in [0.15, 0.2) is 89.3 Å². The van der Waals surface area contributed by atoms with Gasteiger partial charge >= 0.3 is 0 Å². The maximum absolute atomic E-state index is 6.47. The van der Waals surface area contributed by atoms with Crippen molar-refractivity contribution in [1.82, 2.24) is 0 Å². The van der Waals surface area contributed by atoms with Crippen LogP contribution < -0.4 is 18.9 Å². The van der Waals surface area contributed by atoms with E-state index < -0.39 is 0 Å². The Morgan fingerprint density at radius 2 is 1.05 bits per heavy atom. The minimum absolute atomic E-state index is 0.722. The number of hydrogen-bond acceptors (Lipinski definition) is 5. The predicted octanol–water partition coefficient (Wildman–Crippen LogP) is 7.59. The molecule has 0 saturated carbocycles. The molecular weight excluding hydrogens is 464 g/mol. The van der Waals surface area contributed by atoms with Gasteiger partial charge in [0.05, 0.1) is 28.4 Å². The Labute approximate surface area is 217 Å². The summed E-state index contributed by atoms with van der Waals surface area (Å²) in [5, 5.41) is 1.05. The zero-order valence-corrected chi connectivity index (χ0v) is 21.5. The summed E-state index contributed by atoms with van der Waals surface area (Å²) in [6, 6.07) is 28.5. The monoisotopic (exact) mass is 494 g/mol. The van der Waals surface area contributed by atoms with E-state index in [4.69, 9.17) is 23.4 Å². The number of rotatable bonds is 9. The van der Waals surface area contributed by atoms with Gasteiger partial charge in [-0.05, 0) is 90.2 Å². The van der Waals surface area contributed by atoms with Crippen molar-refractivity contribution in [3.05, 3.63) is 96.1 Å². The molecule has 5 aromatic rings. The molecule has 1 heterocycles. The summed E-state index contributed by atoms with van der Waals surface area (Å²) in [5.41, 5.74) is 6.27. The quantitative estimate of drug-likeness (QED) is 0.211. The van der Waals surface area contributed by atoms with Gasteiger partial charge in [-0.15, -0.1) is 0 Å². The summed E-state index contributed by atoms with van der Waals surface area (Å²) >= 11 is 0. The Morgan fingerprint density at radius 3 is 1.65 bits per heavy atom. The zero-order chi connectivity index (χ0) is 25.8. The Balaban J connectivity index is 1.60. The van der Waals surface area contributed by atoms with Crippen LogP contribution in [0.3, 0.4) is 0 Å². The standard InChI is InChI=1S/C32H30O5/c1-33-25-12-7-21(8-13-25)5-6-22-9-16-30-29(17-22)31(24-18-27(35-3)20-28(19-24)36-4)32(37-30)23-10-14-26(34-2)15-11-23/h7-20H,5-6H2,1-4H3. The normalized spacial score (nSPS) is 10.9. The molecule has 0 bridgehead atoms. The van der Waals surface area contributed by atoms with Crippen LogP contribution in [0.25, 0.3) is 33.4 Å². The minimum atomic E-state index is 0.722. The van der Waals surface area contributed by atoms with E-state index in [9.17, 15) is 0 Å². The molecule has 5 nitrogen and oxygen atoms in total. The molecule has 0 atom stereocenters. The molecule has 0 N–H and O–H groups in total. The van der Waals surface area contributed by atoms with E-state index in [1.165, 1.54) is 11.1 Å². The first-order valence-corrected chi connectivity index (χ1v) is 12.2. The highest BCUT2D eigenvalue weighted by molar-refractivity contribution is 6.02. The van der Waals surface area contributed by atoms with Gasteiger partial charge < -0.3 is 23.4 Å². The summed E-state index contributed by atoms with van der Waals surface area (Å²) in [6.07, 6.45) is 1.84. The molecule has 4 aromatic carbocycles. The van der Waals surface area contributed by atoms with Crippen molar-refractivity contribution in [1.29, 1.82) is 0 Å². The van der Waals surface area contributed by atoms with Crippen LogP contribution >= 0.6 is 0 Å². The molecule has 5 rings (SSSR count). The topological polar surface area (TPSA) is 50.1 Å². The van der Waals surface area contributed by atoms with Crippen molar-refractivity contribution in [2.45, 2.75) is 12.8 Å². The first kappa shape index (κ1) is 24.3. The SMILES string of the molecule is COc1ccc(CCc2ccc3oc(-c4ccc(OC)cc4)c(-c4cc(OC)cc(OC)c4)c3c2)cc1. The Morgan fingerprint density at radius 1 is 0.514 bits per heavy atom. The summed E-state index contributed by atoms with van der Waals surface area (Å²) < 4.78 is 28.3. The predicted molar refractivity (Wildman–Crippen MR) is 147 cm³/mol. The van der Waals surface area contributed by atoms with E-state index in [1.54, 1.807) is 28.4 Å². The molecule has 0 saturated heterocycles. The molecule has 0 spiro atoms. The molecule has 0 amide bonds. The molecule has 0 radical (unpaired) electrons. The number of fused-ring (bicyclic) bond motifs is 1. The highest BCUT2D eigenvalue weighted by Crippen LogP contribution is 2.43. The Hall–Kier alpha value is -4.38. The maximum atomic E-state index is 6.47. The van der Waals surface area contributed by atoms with Crippen LogP contribution in [0, 0.1) is 0 Å². The largest absolute Gasteiger partial charge is 0.497 e. The van der Waals surface area contributed by atoms with Crippen molar-refractivity contribution in [3.63, 3.8) is 0 Å². The van der Waals surface area contributed by atoms with E-state index in [0.717, 1.165) is 69.3 Å². The molecule has 0 unspecified atom stereocenters. The lowest BCUT2D eigenvalue weighted by Gasteiger charge is -2.10. The molecule has 0 aliphatic rings. The lowest BCUT2D eigenvalue weighted by atomic mass is 9.96. The van der Waals surface area contributed by atoms with Crippen molar-refractivity contribution >= 4 is 11.0 Å². The van der Waals surface area contributed by atoms with E-state index in [2.05, 4.69) is 30.3 Å². The fourth-order valence-electron chi connectivity index (χ4n) is 4.57. The van der Waals surface area contributed by atoms with E-state index in [-0.39, 0.29) is 0 Å². The van der Waals surface area contributed by atoms with Gasteiger partial charge in [0.1, 0.15) is 34.3 Å². The van der Waals surface area contributed by atoms with Gasteiger partial charge in [0.15, 0.2) is 0 Å². The molecule has 0 aliphatic carbocycles. The molecule has 1 aromatic heterocycles. The zero-order valence-electron chi connectivity index (χ0n) is 21.5. The summed E-state index contributed by atoms with van der Waals surface area (Å²) in [4.78, 5) is 0. The van der Waals surface area contributed by atoms with Crippen LogP contribution in [0.4, 0.5) is 0 Å². The van der Waals surface area contributed by atoms with Crippen molar-refractivity contribution in [2.24, 2.45) is 0 Å². The average Bonchev–Trinajstić information content (AvgIpc) is 3.35. The minimum Gasteiger partial charge on any atom is -0.497 e. The van der Waals surface area contributed by atoms with Crippen molar-refractivity contribution in [3.8, 4) is 45.4 Å². The molecular formula is C32H30O5. The Kier molecular flexibility index (Phi) is 7.04. The Bertz CT molecular complexity index is 1480. The van der Waals surface area contributed by atoms with Crippen LogP contribution in [0.2, 0.25) is 0 Å². The van der Waals surface area contributed by atoms with Gasteiger partial charge in [0, 0.05) is 22.6 Å². The highest BCUT2D eigenvalue weighted by atomic mass is 16.5. The second kappa shape index (κ2) is 10.7. The number of benzene rings is 4. The second-order valence-electron chi connectivity index (χ2n) is 8.81. The van der Waals surface area contributed by atoms with Crippen LogP contribution in [0.1, 0.15) is 11.1 Å². The lowest BCUT2D eigenvalue weighted by Crippen LogP contribution is -1.92. The average molecular weight is 495 g/mol. The molecule has 188 valence electrons. The summed E-state index contributed by atoms with van der Waals surface area (Å²) in [7, 11) is 6.67. The molecule has 37 heavy (non-hydrogen) atoms. The highest BCUT2D eigenvalue weighted by Gasteiger charge is 2.20. The number of hydrogen-bond donors (Lipinski definition) is 0. The van der Waals surface area contributed by atoms with Gasteiger partial charge in [-0.25, -0.2) is 0 Å². The second-order valence-corrected chi connectivity index (χ2v) is 8.81. The van der Waals surface area contributed by atoms with Crippen LogP contribution in [-0.4, -0.2) is 28.4 Å². The van der Waals surface area contributed by atoms with E-state index in [1.807, 2.05) is 54.6 Å². The lowest BCUT2D eigenvalue weighted by molar-refractivity contribution is 0.394. The van der Waals surface area contributed by atoms with Gasteiger partial charge in [0.2, 0.25) is 0 Å². The van der Waals surface area contributed by atoms with E-state index in [0.29, 0.717) is 0 Å². The first-order valence-electron chi connectivity index (χ1n) is 12.2. The van der Waals surface area contributed by atoms with Crippen LogP contribution in [0.5, 0.6) is 23.0 Å². The van der Waals surface area contributed by atoms with E-state index >= 15 is 0 Å². The summed E-state index contributed by atoms with van der Waals surface area (Å²) in [5.74, 6) is 3.90. The van der Waals surface area contributed by atoms with Gasteiger partial charge in [-0.1, -0.05) is 18.2 Å². The molecule has 0 aliphatic heterocycles. The number of methoxy groups -OCH3 is 4. The smallest absolute Gasteiger partial charge is 0.143 e. The first-order chi connectivity index (χ1) is 18.1. The number of ether oxygens (including phenoxy) is 4. The van der Waals surface area contributed by atoms with Crippen molar-refractivity contribution in [2.75, 3.05) is 28.4 Å².